The summed E-state index contributed by atoms with van der Waals surface area (Å²) in [6, 6.07) is 0.0767. The lowest BCUT2D eigenvalue weighted by Gasteiger charge is -2.42. The van der Waals surface area contributed by atoms with Gasteiger partial charge in [0, 0.05) is 13.0 Å². The molecule has 0 saturated heterocycles. The SMILES string of the molecule is CC(=O)N(C(C)C)C1C=CC=C(C)C1(C)Cl. The molecule has 0 spiro atoms. The summed E-state index contributed by atoms with van der Waals surface area (Å²) in [7, 11) is 0. The molecule has 2 atom stereocenters. The van der Waals surface area contributed by atoms with E-state index in [4.69, 9.17) is 11.6 Å². The van der Waals surface area contributed by atoms with E-state index in [-0.39, 0.29) is 18.0 Å². The first-order valence-corrected chi connectivity index (χ1v) is 5.99. The van der Waals surface area contributed by atoms with Crippen molar-refractivity contribution in [3.63, 3.8) is 0 Å². The number of amides is 1. The molecule has 0 bridgehead atoms. The summed E-state index contributed by atoms with van der Waals surface area (Å²) in [6.07, 6.45) is 5.98. The average molecular weight is 242 g/mol. The van der Waals surface area contributed by atoms with Crippen LogP contribution in [0, 0.1) is 0 Å². The normalized spacial score (nSPS) is 29.2. The first-order chi connectivity index (χ1) is 7.28. The highest BCUT2D eigenvalue weighted by Gasteiger charge is 2.39. The molecule has 0 aromatic carbocycles. The predicted octanol–water partition coefficient (Wildman–Crippen LogP) is 3.13. The summed E-state index contributed by atoms with van der Waals surface area (Å²) in [6.45, 7) is 9.58. The van der Waals surface area contributed by atoms with Crippen LogP contribution in [-0.4, -0.2) is 27.8 Å². The fraction of sp³-hybridized carbons (Fsp3) is 0.615. The topological polar surface area (TPSA) is 20.3 Å². The molecule has 0 fully saturated rings. The van der Waals surface area contributed by atoms with Crippen LogP contribution in [0.1, 0.15) is 34.6 Å². The summed E-state index contributed by atoms with van der Waals surface area (Å²) in [4.78, 5) is 13.0. The molecule has 0 radical (unpaired) electrons. The maximum absolute atomic E-state index is 11.7. The van der Waals surface area contributed by atoms with E-state index >= 15 is 0 Å². The van der Waals surface area contributed by atoms with Gasteiger partial charge in [0.25, 0.3) is 0 Å². The van der Waals surface area contributed by atoms with Crippen molar-refractivity contribution in [3.05, 3.63) is 23.8 Å². The van der Waals surface area contributed by atoms with Gasteiger partial charge in [-0.05, 0) is 27.7 Å². The van der Waals surface area contributed by atoms with Crippen LogP contribution in [0.5, 0.6) is 0 Å². The van der Waals surface area contributed by atoms with E-state index in [1.54, 1.807) is 6.92 Å². The number of carbonyl (C=O) groups excluding carboxylic acids is 1. The fourth-order valence-electron chi connectivity index (χ4n) is 2.12. The molecule has 3 heteroatoms. The molecule has 1 aliphatic carbocycles. The highest BCUT2D eigenvalue weighted by molar-refractivity contribution is 6.26. The molecule has 2 unspecified atom stereocenters. The number of carbonyl (C=O) groups is 1. The third-order valence-electron chi connectivity index (χ3n) is 3.19. The summed E-state index contributed by atoms with van der Waals surface area (Å²) < 4.78 is 0. The lowest BCUT2D eigenvalue weighted by atomic mass is 9.87. The minimum atomic E-state index is -0.509. The van der Waals surface area contributed by atoms with Gasteiger partial charge in [-0.25, -0.2) is 0 Å². The van der Waals surface area contributed by atoms with Gasteiger partial charge in [-0.15, -0.1) is 11.6 Å². The Labute approximate surface area is 103 Å². The molecular formula is C13H20ClNO. The van der Waals surface area contributed by atoms with Crippen molar-refractivity contribution >= 4 is 17.5 Å². The molecular weight excluding hydrogens is 222 g/mol. The quantitative estimate of drug-likeness (QED) is 0.681. The number of hydrogen-bond acceptors (Lipinski definition) is 1. The lowest BCUT2D eigenvalue weighted by molar-refractivity contribution is -0.132. The van der Waals surface area contributed by atoms with E-state index in [0.29, 0.717) is 0 Å². The van der Waals surface area contributed by atoms with E-state index in [1.807, 2.05) is 50.8 Å². The van der Waals surface area contributed by atoms with Gasteiger partial charge in [-0.1, -0.05) is 23.8 Å². The van der Waals surface area contributed by atoms with Crippen LogP contribution in [0.2, 0.25) is 0 Å². The van der Waals surface area contributed by atoms with Crippen LogP contribution in [0.4, 0.5) is 0 Å². The molecule has 1 amide bonds. The maximum Gasteiger partial charge on any atom is 0.220 e. The van der Waals surface area contributed by atoms with Crippen molar-refractivity contribution in [1.29, 1.82) is 0 Å². The number of allylic oxidation sites excluding steroid dienone is 2. The van der Waals surface area contributed by atoms with Crippen LogP contribution >= 0.6 is 11.6 Å². The molecule has 1 rings (SSSR count). The number of nitrogens with zero attached hydrogens (tertiary/aromatic N) is 1. The first-order valence-electron chi connectivity index (χ1n) is 5.62. The zero-order valence-corrected chi connectivity index (χ0v) is 11.4. The summed E-state index contributed by atoms with van der Waals surface area (Å²) in [5, 5.41) is 0. The molecule has 0 aliphatic heterocycles. The van der Waals surface area contributed by atoms with Crippen LogP contribution in [0.3, 0.4) is 0 Å². The van der Waals surface area contributed by atoms with Crippen molar-refractivity contribution in [3.8, 4) is 0 Å². The standard InChI is InChI=1S/C13H20ClNO/c1-9(2)15(11(4)16)12-8-6-7-10(3)13(12,5)14/h6-9,12H,1-5H3. The second-order valence-electron chi connectivity index (χ2n) is 4.78. The third kappa shape index (κ3) is 2.32. The van der Waals surface area contributed by atoms with Crippen LogP contribution < -0.4 is 0 Å². The van der Waals surface area contributed by atoms with Crippen molar-refractivity contribution in [2.45, 2.75) is 51.6 Å². The summed E-state index contributed by atoms with van der Waals surface area (Å²) in [5.41, 5.74) is 1.09. The van der Waals surface area contributed by atoms with Gasteiger partial charge in [0.15, 0.2) is 0 Å². The molecule has 0 N–H and O–H groups in total. The van der Waals surface area contributed by atoms with Crippen molar-refractivity contribution in [2.24, 2.45) is 0 Å². The van der Waals surface area contributed by atoms with Gasteiger partial charge >= 0.3 is 0 Å². The Morgan fingerprint density at radius 1 is 1.56 bits per heavy atom. The molecule has 0 saturated carbocycles. The van der Waals surface area contributed by atoms with Crippen molar-refractivity contribution in [1.82, 2.24) is 4.90 Å². The number of alkyl halides is 1. The van der Waals surface area contributed by atoms with Crippen LogP contribution in [0.15, 0.2) is 23.8 Å². The highest BCUT2D eigenvalue weighted by Crippen LogP contribution is 2.35. The average Bonchev–Trinajstić information content (AvgIpc) is 2.12. The number of halogens is 1. The van der Waals surface area contributed by atoms with Gasteiger partial charge in [-0.3, -0.25) is 4.79 Å². The van der Waals surface area contributed by atoms with E-state index in [0.717, 1.165) is 5.57 Å². The van der Waals surface area contributed by atoms with Gasteiger partial charge < -0.3 is 4.90 Å². The monoisotopic (exact) mass is 241 g/mol. The lowest BCUT2D eigenvalue weighted by Crippen LogP contribution is -2.53. The minimum Gasteiger partial charge on any atom is -0.332 e. The van der Waals surface area contributed by atoms with Gasteiger partial charge in [-0.2, -0.15) is 0 Å². The van der Waals surface area contributed by atoms with Gasteiger partial charge in [0.1, 0.15) is 0 Å². The zero-order chi connectivity index (χ0) is 12.5. The smallest absolute Gasteiger partial charge is 0.220 e. The molecule has 90 valence electrons. The molecule has 0 aromatic rings. The zero-order valence-electron chi connectivity index (χ0n) is 10.6. The Bertz CT molecular complexity index is 342. The Morgan fingerprint density at radius 2 is 2.12 bits per heavy atom. The Balaban J connectivity index is 3.08. The molecule has 1 aliphatic rings. The number of hydrogen-bond donors (Lipinski definition) is 0. The van der Waals surface area contributed by atoms with E-state index < -0.39 is 4.87 Å². The van der Waals surface area contributed by atoms with Crippen LogP contribution in [0.25, 0.3) is 0 Å². The van der Waals surface area contributed by atoms with Gasteiger partial charge in [0.2, 0.25) is 5.91 Å². The molecule has 2 nitrogen and oxygen atoms in total. The van der Waals surface area contributed by atoms with Gasteiger partial charge in [0.05, 0.1) is 10.9 Å². The summed E-state index contributed by atoms with van der Waals surface area (Å²) >= 11 is 6.56. The van der Waals surface area contributed by atoms with E-state index in [2.05, 4.69) is 0 Å². The van der Waals surface area contributed by atoms with E-state index in [1.165, 1.54) is 0 Å². The first kappa shape index (κ1) is 13.3. The fourth-order valence-corrected chi connectivity index (χ4v) is 2.36. The highest BCUT2D eigenvalue weighted by atomic mass is 35.5. The van der Waals surface area contributed by atoms with Crippen LogP contribution in [-0.2, 0) is 4.79 Å². The molecule has 16 heavy (non-hydrogen) atoms. The molecule has 0 aromatic heterocycles. The van der Waals surface area contributed by atoms with Crippen molar-refractivity contribution in [2.75, 3.05) is 0 Å². The predicted molar refractivity (Wildman–Crippen MR) is 68.6 cm³/mol. The minimum absolute atomic E-state index is 0.0613. The summed E-state index contributed by atoms with van der Waals surface area (Å²) in [5.74, 6) is 0.0613. The second-order valence-corrected chi connectivity index (χ2v) is 5.56. The Morgan fingerprint density at radius 3 is 2.56 bits per heavy atom. The Kier molecular flexibility index (Phi) is 3.84. The Hall–Kier alpha value is -0.760. The van der Waals surface area contributed by atoms with Crippen molar-refractivity contribution < 1.29 is 4.79 Å². The third-order valence-corrected chi connectivity index (χ3v) is 3.71. The number of rotatable bonds is 2. The maximum atomic E-state index is 11.7. The second kappa shape index (κ2) is 4.62. The van der Waals surface area contributed by atoms with E-state index in [9.17, 15) is 4.79 Å². The molecule has 0 heterocycles. The largest absolute Gasteiger partial charge is 0.332 e.